The topological polar surface area (TPSA) is 74.0 Å². The van der Waals surface area contributed by atoms with Crippen LogP contribution in [0.15, 0.2) is 17.2 Å². The molecule has 102 valence electrons. The highest BCUT2D eigenvalue weighted by molar-refractivity contribution is 7.89. The lowest BCUT2D eigenvalue weighted by atomic mass is 10.2. The molecular formula is C12H21N3O2S. The molecule has 6 heteroatoms. The van der Waals surface area contributed by atoms with Gasteiger partial charge in [-0.25, -0.2) is 13.1 Å². The van der Waals surface area contributed by atoms with Crippen LogP contribution in [0, 0.1) is 5.41 Å². The van der Waals surface area contributed by atoms with Crippen molar-refractivity contribution < 1.29 is 8.42 Å². The van der Waals surface area contributed by atoms with Crippen molar-refractivity contribution in [1.82, 2.24) is 15.0 Å². The fourth-order valence-electron chi connectivity index (χ4n) is 1.68. The summed E-state index contributed by atoms with van der Waals surface area (Å²) in [6.07, 6.45) is 3.76. The van der Waals surface area contributed by atoms with Crippen LogP contribution in [0.5, 0.6) is 0 Å². The van der Waals surface area contributed by atoms with Crippen LogP contribution in [0.4, 0.5) is 0 Å². The molecule has 1 aliphatic carbocycles. The van der Waals surface area contributed by atoms with Crippen LogP contribution in [-0.4, -0.2) is 26.5 Å². The molecule has 1 fully saturated rings. The minimum absolute atomic E-state index is 0.177. The summed E-state index contributed by atoms with van der Waals surface area (Å²) in [6.45, 7) is 6.16. The molecule has 0 atom stereocenters. The first-order chi connectivity index (χ1) is 8.45. The van der Waals surface area contributed by atoms with Crippen molar-refractivity contribution in [2.75, 3.05) is 13.1 Å². The summed E-state index contributed by atoms with van der Waals surface area (Å²) in [7, 11) is -3.37. The van der Waals surface area contributed by atoms with Crippen LogP contribution < -0.4 is 10.0 Å². The lowest BCUT2D eigenvalue weighted by Gasteiger charge is -2.09. The smallest absolute Gasteiger partial charge is 0.242 e. The first-order valence-electron chi connectivity index (χ1n) is 6.33. The Morgan fingerprint density at radius 1 is 1.44 bits per heavy atom. The van der Waals surface area contributed by atoms with E-state index in [4.69, 9.17) is 0 Å². The summed E-state index contributed by atoms with van der Waals surface area (Å²) >= 11 is 0. The fraction of sp³-hybridized carbons (Fsp3) is 0.667. The summed E-state index contributed by atoms with van der Waals surface area (Å²) in [6, 6.07) is 1.68. The Kier molecular flexibility index (Phi) is 3.79. The van der Waals surface area contributed by atoms with Crippen molar-refractivity contribution >= 4 is 10.0 Å². The molecule has 18 heavy (non-hydrogen) atoms. The Balaban J connectivity index is 1.97. The van der Waals surface area contributed by atoms with Gasteiger partial charge in [0.1, 0.15) is 0 Å². The molecule has 1 aliphatic rings. The molecule has 2 rings (SSSR count). The largest absolute Gasteiger partial charge is 0.363 e. The maximum absolute atomic E-state index is 12.0. The normalized spacial score (nSPS) is 17.9. The molecule has 0 aromatic carbocycles. The van der Waals surface area contributed by atoms with E-state index in [0.717, 1.165) is 25.1 Å². The van der Waals surface area contributed by atoms with Gasteiger partial charge in [0.25, 0.3) is 0 Å². The number of aromatic nitrogens is 1. The van der Waals surface area contributed by atoms with E-state index in [-0.39, 0.29) is 5.41 Å². The van der Waals surface area contributed by atoms with Gasteiger partial charge in [-0.15, -0.1) is 0 Å². The summed E-state index contributed by atoms with van der Waals surface area (Å²) < 4.78 is 26.8. The summed E-state index contributed by atoms with van der Waals surface area (Å²) in [5, 5.41) is 3.15. The molecule has 1 heterocycles. The number of nitrogens with one attached hydrogen (secondary N) is 3. The predicted molar refractivity (Wildman–Crippen MR) is 70.7 cm³/mol. The zero-order chi connectivity index (χ0) is 13.2. The van der Waals surface area contributed by atoms with Gasteiger partial charge in [-0.3, -0.25) is 0 Å². The molecule has 0 aliphatic heterocycles. The van der Waals surface area contributed by atoms with Gasteiger partial charge in [0.15, 0.2) is 0 Å². The number of H-pyrrole nitrogens is 1. The van der Waals surface area contributed by atoms with E-state index in [1.165, 1.54) is 0 Å². The van der Waals surface area contributed by atoms with E-state index in [2.05, 4.69) is 21.9 Å². The average molecular weight is 271 g/mol. The van der Waals surface area contributed by atoms with Crippen LogP contribution in [0.25, 0.3) is 0 Å². The standard InChI is InChI=1S/C12H21N3O2S/c1-3-13-7-10-6-11(8-14-10)18(16,17)15-9-12(2)4-5-12/h6,8,13-15H,3-5,7,9H2,1-2H3. The van der Waals surface area contributed by atoms with Crippen LogP contribution in [-0.2, 0) is 16.6 Å². The van der Waals surface area contributed by atoms with E-state index >= 15 is 0 Å². The lowest BCUT2D eigenvalue weighted by molar-refractivity contribution is 0.530. The van der Waals surface area contributed by atoms with E-state index in [1.807, 2.05) is 6.92 Å². The molecule has 0 spiro atoms. The van der Waals surface area contributed by atoms with Gasteiger partial charge in [-0.05, 0) is 30.9 Å². The SMILES string of the molecule is CCNCc1cc(S(=O)(=O)NCC2(C)CC2)c[nH]1. The second-order valence-corrected chi connectivity index (χ2v) is 7.04. The second-order valence-electron chi connectivity index (χ2n) is 5.28. The lowest BCUT2D eigenvalue weighted by Crippen LogP contribution is -2.28. The van der Waals surface area contributed by atoms with Crippen LogP contribution >= 0.6 is 0 Å². The van der Waals surface area contributed by atoms with Gasteiger partial charge in [-0.2, -0.15) is 0 Å². The molecule has 0 radical (unpaired) electrons. The minimum atomic E-state index is -3.37. The highest BCUT2D eigenvalue weighted by Crippen LogP contribution is 2.44. The molecule has 0 unspecified atom stereocenters. The van der Waals surface area contributed by atoms with Gasteiger partial charge >= 0.3 is 0 Å². The van der Waals surface area contributed by atoms with E-state index in [1.54, 1.807) is 12.3 Å². The van der Waals surface area contributed by atoms with Crippen molar-refractivity contribution in [2.24, 2.45) is 5.41 Å². The molecule has 5 nitrogen and oxygen atoms in total. The molecule has 0 saturated heterocycles. The Morgan fingerprint density at radius 2 is 2.17 bits per heavy atom. The predicted octanol–water partition coefficient (Wildman–Crippen LogP) is 1.20. The monoisotopic (exact) mass is 271 g/mol. The van der Waals surface area contributed by atoms with E-state index in [0.29, 0.717) is 18.0 Å². The first-order valence-corrected chi connectivity index (χ1v) is 7.81. The minimum Gasteiger partial charge on any atom is -0.363 e. The molecule has 1 aromatic heterocycles. The average Bonchev–Trinajstić information content (AvgIpc) is 2.89. The van der Waals surface area contributed by atoms with Crippen molar-refractivity contribution in [3.63, 3.8) is 0 Å². The van der Waals surface area contributed by atoms with Crippen molar-refractivity contribution in [2.45, 2.75) is 38.1 Å². The zero-order valence-electron chi connectivity index (χ0n) is 10.9. The van der Waals surface area contributed by atoms with Gasteiger partial charge in [-0.1, -0.05) is 13.8 Å². The van der Waals surface area contributed by atoms with Gasteiger partial charge < -0.3 is 10.3 Å². The molecule has 1 aromatic rings. The van der Waals surface area contributed by atoms with Crippen LogP contribution in [0.3, 0.4) is 0 Å². The maximum Gasteiger partial charge on any atom is 0.242 e. The van der Waals surface area contributed by atoms with Crippen LogP contribution in [0.1, 0.15) is 32.4 Å². The Bertz CT molecular complexity index is 503. The van der Waals surface area contributed by atoms with Gasteiger partial charge in [0.2, 0.25) is 10.0 Å². The fourth-order valence-corrected chi connectivity index (χ4v) is 2.90. The third-order valence-corrected chi connectivity index (χ3v) is 4.77. The number of hydrogen-bond acceptors (Lipinski definition) is 3. The highest BCUT2D eigenvalue weighted by atomic mass is 32.2. The Morgan fingerprint density at radius 3 is 2.78 bits per heavy atom. The number of hydrogen-bond donors (Lipinski definition) is 3. The third-order valence-electron chi connectivity index (χ3n) is 3.38. The zero-order valence-corrected chi connectivity index (χ0v) is 11.7. The van der Waals surface area contributed by atoms with E-state index in [9.17, 15) is 8.42 Å². The summed E-state index contributed by atoms with van der Waals surface area (Å²) in [5.41, 5.74) is 1.06. The number of aromatic amines is 1. The highest BCUT2D eigenvalue weighted by Gasteiger charge is 2.38. The van der Waals surface area contributed by atoms with Crippen molar-refractivity contribution in [1.29, 1.82) is 0 Å². The molecule has 1 saturated carbocycles. The van der Waals surface area contributed by atoms with Crippen molar-refractivity contribution in [3.05, 3.63) is 18.0 Å². The quantitative estimate of drug-likeness (QED) is 0.697. The summed E-state index contributed by atoms with van der Waals surface area (Å²) in [5.74, 6) is 0. The molecule has 3 N–H and O–H groups in total. The molecule has 0 bridgehead atoms. The Labute approximate surface area is 108 Å². The first kappa shape index (κ1) is 13.6. The number of rotatable bonds is 7. The van der Waals surface area contributed by atoms with Gasteiger partial charge in [0, 0.05) is 25.0 Å². The van der Waals surface area contributed by atoms with Crippen LogP contribution in [0.2, 0.25) is 0 Å². The second kappa shape index (κ2) is 5.03. The van der Waals surface area contributed by atoms with Crippen molar-refractivity contribution in [3.8, 4) is 0 Å². The Hall–Kier alpha value is -0.850. The van der Waals surface area contributed by atoms with E-state index < -0.39 is 10.0 Å². The third kappa shape index (κ3) is 3.34. The van der Waals surface area contributed by atoms with Gasteiger partial charge in [0.05, 0.1) is 4.90 Å². The number of sulfonamides is 1. The molecule has 0 amide bonds. The summed E-state index contributed by atoms with van der Waals surface area (Å²) in [4.78, 5) is 3.30. The molecular weight excluding hydrogens is 250 g/mol. The maximum atomic E-state index is 12.0.